The molecule has 0 saturated heterocycles. The van der Waals surface area contributed by atoms with Gasteiger partial charge in [0.1, 0.15) is 5.69 Å². The average molecular weight is 381 g/mol. The summed E-state index contributed by atoms with van der Waals surface area (Å²) in [6.07, 6.45) is 4.46. The van der Waals surface area contributed by atoms with Crippen LogP contribution in [0.5, 0.6) is 11.5 Å². The largest absolute Gasteiger partial charge is 0.493 e. The summed E-state index contributed by atoms with van der Waals surface area (Å²) in [5, 5.41) is 2.65. The van der Waals surface area contributed by atoms with Gasteiger partial charge < -0.3 is 14.8 Å². The minimum absolute atomic E-state index is 0.0734. The van der Waals surface area contributed by atoms with Gasteiger partial charge in [-0.25, -0.2) is 0 Å². The Morgan fingerprint density at radius 1 is 1.14 bits per heavy atom. The zero-order valence-electron chi connectivity index (χ0n) is 15.5. The fourth-order valence-electron chi connectivity index (χ4n) is 2.80. The third kappa shape index (κ3) is 3.85. The molecule has 1 aromatic heterocycles. The Labute approximate surface area is 161 Å². The molecule has 2 aromatic rings. The summed E-state index contributed by atoms with van der Waals surface area (Å²) < 4.78 is 10.4. The van der Waals surface area contributed by atoms with E-state index in [-0.39, 0.29) is 30.3 Å². The Hall–Kier alpha value is -3.68. The van der Waals surface area contributed by atoms with Gasteiger partial charge in [0.15, 0.2) is 11.5 Å². The van der Waals surface area contributed by atoms with E-state index >= 15 is 0 Å². The zero-order valence-corrected chi connectivity index (χ0v) is 15.5. The van der Waals surface area contributed by atoms with E-state index in [1.807, 2.05) is 0 Å². The van der Waals surface area contributed by atoms with Crippen molar-refractivity contribution in [2.75, 3.05) is 27.3 Å². The normalized spacial score (nSPS) is 13.0. The van der Waals surface area contributed by atoms with Crippen LogP contribution >= 0.6 is 0 Å². The number of amides is 3. The molecule has 1 aliphatic rings. The summed E-state index contributed by atoms with van der Waals surface area (Å²) in [5.74, 6) is -0.0349. The van der Waals surface area contributed by atoms with Gasteiger partial charge in [-0.3, -0.25) is 24.3 Å². The predicted octanol–water partition coefficient (Wildman–Crippen LogP) is 1.52. The second-order valence-corrected chi connectivity index (χ2v) is 5.90. The molecule has 3 rings (SSSR count). The molecule has 0 aliphatic carbocycles. The highest BCUT2D eigenvalue weighted by atomic mass is 16.5. The van der Waals surface area contributed by atoms with E-state index in [4.69, 9.17) is 9.47 Å². The van der Waals surface area contributed by atoms with E-state index in [0.29, 0.717) is 11.5 Å². The zero-order chi connectivity index (χ0) is 20.1. The number of aromatic nitrogens is 1. The maximum Gasteiger partial charge on any atom is 0.280 e. The lowest BCUT2D eigenvalue weighted by atomic mass is 10.2. The Morgan fingerprint density at radius 2 is 1.93 bits per heavy atom. The standard InChI is InChI=1S/C20H19N3O5/c1-27-15-7-5-13(12-16(15)28-2)6-8-17(24)21-10-11-23-19(25)14-4-3-9-22-18(14)20(23)26/h3-9,12H,10-11H2,1-2H3,(H,21,24). The maximum atomic E-state index is 12.2. The Kier molecular flexibility index (Phi) is 5.69. The van der Waals surface area contributed by atoms with Gasteiger partial charge in [-0.2, -0.15) is 0 Å². The SMILES string of the molecule is COc1ccc(C=CC(=O)NCCN2C(=O)c3cccnc3C2=O)cc1OC. The maximum absolute atomic E-state index is 12.2. The summed E-state index contributed by atoms with van der Waals surface area (Å²) in [4.78, 5) is 41.4. The Balaban J connectivity index is 1.53. The van der Waals surface area contributed by atoms with Crippen LogP contribution in [0.4, 0.5) is 0 Å². The number of benzene rings is 1. The van der Waals surface area contributed by atoms with Gasteiger partial charge in [0.05, 0.1) is 19.8 Å². The Morgan fingerprint density at radius 3 is 2.64 bits per heavy atom. The number of nitrogens with zero attached hydrogens (tertiary/aromatic N) is 2. The van der Waals surface area contributed by atoms with Crippen molar-refractivity contribution in [2.45, 2.75) is 0 Å². The molecule has 0 fully saturated rings. The van der Waals surface area contributed by atoms with Crippen LogP contribution in [-0.2, 0) is 4.79 Å². The fraction of sp³-hybridized carbons (Fsp3) is 0.200. The molecule has 0 bridgehead atoms. The quantitative estimate of drug-likeness (QED) is 0.577. The lowest BCUT2D eigenvalue weighted by Gasteiger charge is -2.13. The molecule has 0 unspecified atom stereocenters. The molecule has 8 nitrogen and oxygen atoms in total. The van der Waals surface area contributed by atoms with Crippen molar-refractivity contribution < 1.29 is 23.9 Å². The van der Waals surface area contributed by atoms with E-state index in [9.17, 15) is 14.4 Å². The van der Waals surface area contributed by atoms with E-state index in [1.54, 1.807) is 43.5 Å². The number of fused-ring (bicyclic) bond motifs is 1. The number of nitrogens with one attached hydrogen (secondary N) is 1. The summed E-state index contributed by atoms with van der Waals surface area (Å²) in [6.45, 7) is 0.213. The van der Waals surface area contributed by atoms with Gasteiger partial charge in [0.25, 0.3) is 11.8 Å². The van der Waals surface area contributed by atoms with Crippen LogP contribution in [0.25, 0.3) is 6.08 Å². The first kappa shape index (κ1) is 19.1. The first-order valence-electron chi connectivity index (χ1n) is 8.54. The van der Waals surface area contributed by atoms with E-state index in [2.05, 4.69) is 10.3 Å². The topological polar surface area (TPSA) is 97.8 Å². The average Bonchev–Trinajstić information content (AvgIpc) is 2.97. The van der Waals surface area contributed by atoms with Gasteiger partial charge in [0, 0.05) is 25.4 Å². The van der Waals surface area contributed by atoms with Gasteiger partial charge >= 0.3 is 0 Å². The molecular formula is C20H19N3O5. The summed E-state index contributed by atoms with van der Waals surface area (Å²) in [6, 6.07) is 8.44. The van der Waals surface area contributed by atoms with Gasteiger partial charge in [-0.05, 0) is 35.9 Å². The van der Waals surface area contributed by atoms with Crippen LogP contribution in [0.3, 0.4) is 0 Å². The molecule has 0 saturated carbocycles. The van der Waals surface area contributed by atoms with Gasteiger partial charge in [0.2, 0.25) is 5.91 Å². The minimum Gasteiger partial charge on any atom is -0.493 e. The van der Waals surface area contributed by atoms with Crippen molar-refractivity contribution in [3.8, 4) is 11.5 Å². The van der Waals surface area contributed by atoms with Crippen molar-refractivity contribution >= 4 is 23.8 Å². The van der Waals surface area contributed by atoms with E-state index < -0.39 is 11.8 Å². The molecule has 8 heteroatoms. The number of ether oxygens (including phenoxy) is 2. The van der Waals surface area contributed by atoms with Crippen molar-refractivity contribution in [3.05, 3.63) is 59.4 Å². The Bertz CT molecular complexity index is 920. The smallest absolute Gasteiger partial charge is 0.280 e. The molecule has 2 heterocycles. The highest BCUT2D eigenvalue weighted by molar-refractivity contribution is 6.20. The van der Waals surface area contributed by atoms with Crippen molar-refractivity contribution in [1.29, 1.82) is 0 Å². The van der Waals surface area contributed by atoms with Crippen molar-refractivity contribution in [1.82, 2.24) is 15.2 Å². The molecule has 1 N–H and O–H groups in total. The van der Waals surface area contributed by atoms with Gasteiger partial charge in [-0.15, -0.1) is 0 Å². The van der Waals surface area contributed by atoms with Crippen LogP contribution in [0, 0.1) is 0 Å². The molecule has 144 valence electrons. The third-order valence-corrected chi connectivity index (χ3v) is 4.20. The van der Waals surface area contributed by atoms with Crippen LogP contribution in [0.15, 0.2) is 42.6 Å². The second-order valence-electron chi connectivity index (χ2n) is 5.90. The van der Waals surface area contributed by atoms with Crippen LogP contribution in [0.1, 0.15) is 26.4 Å². The number of methoxy groups -OCH3 is 2. The first-order chi connectivity index (χ1) is 13.5. The lowest BCUT2D eigenvalue weighted by Crippen LogP contribution is -2.37. The molecule has 0 spiro atoms. The highest BCUT2D eigenvalue weighted by Gasteiger charge is 2.36. The monoisotopic (exact) mass is 381 g/mol. The summed E-state index contributed by atoms with van der Waals surface area (Å²) >= 11 is 0. The third-order valence-electron chi connectivity index (χ3n) is 4.20. The number of carbonyl (C=O) groups is 3. The summed E-state index contributed by atoms with van der Waals surface area (Å²) in [5.41, 5.74) is 1.19. The lowest BCUT2D eigenvalue weighted by molar-refractivity contribution is -0.116. The van der Waals surface area contributed by atoms with Crippen LogP contribution < -0.4 is 14.8 Å². The molecule has 0 radical (unpaired) electrons. The van der Waals surface area contributed by atoms with Gasteiger partial charge in [-0.1, -0.05) is 6.07 Å². The van der Waals surface area contributed by atoms with Crippen molar-refractivity contribution in [2.24, 2.45) is 0 Å². The number of pyridine rings is 1. The number of rotatable bonds is 7. The molecule has 1 aromatic carbocycles. The molecule has 3 amide bonds. The number of hydrogen-bond acceptors (Lipinski definition) is 6. The number of hydrogen-bond donors (Lipinski definition) is 1. The van der Waals surface area contributed by atoms with Crippen molar-refractivity contribution in [3.63, 3.8) is 0 Å². The minimum atomic E-state index is -0.448. The molecule has 0 atom stereocenters. The molecule has 28 heavy (non-hydrogen) atoms. The molecular weight excluding hydrogens is 362 g/mol. The second kappa shape index (κ2) is 8.34. The fourth-order valence-corrected chi connectivity index (χ4v) is 2.80. The number of imide groups is 1. The molecule has 1 aliphatic heterocycles. The predicted molar refractivity (Wildman–Crippen MR) is 101 cm³/mol. The summed E-state index contributed by atoms with van der Waals surface area (Å²) in [7, 11) is 3.08. The van der Waals surface area contributed by atoms with E-state index in [0.717, 1.165) is 10.5 Å². The first-order valence-corrected chi connectivity index (χ1v) is 8.54. The van der Waals surface area contributed by atoms with Crippen LogP contribution in [0.2, 0.25) is 0 Å². The van der Waals surface area contributed by atoms with E-state index in [1.165, 1.54) is 19.4 Å². The number of carbonyl (C=O) groups excluding carboxylic acids is 3. The van der Waals surface area contributed by atoms with Crippen LogP contribution in [-0.4, -0.2) is 54.9 Å². The highest BCUT2D eigenvalue weighted by Crippen LogP contribution is 2.27.